The Labute approximate surface area is 224 Å². The average Bonchev–Trinajstić information content (AvgIpc) is 2.78. The van der Waals surface area contributed by atoms with Gasteiger partial charge in [-0.25, -0.2) is 14.8 Å². The molecule has 1 aliphatic rings. The molecule has 36 heavy (non-hydrogen) atoms. The van der Waals surface area contributed by atoms with Gasteiger partial charge >= 0.3 is 5.97 Å². The first-order chi connectivity index (χ1) is 16.4. The molecule has 0 radical (unpaired) electrons. The monoisotopic (exact) mass is 517 g/mol. The van der Waals surface area contributed by atoms with E-state index in [1.54, 1.807) is 25.3 Å². The number of aryl methyl sites for hydroxylation is 1. The summed E-state index contributed by atoms with van der Waals surface area (Å²) in [7, 11) is 1.67. The van der Waals surface area contributed by atoms with Crippen LogP contribution in [0.4, 0.5) is 0 Å². The molecule has 0 N–H and O–H groups in total. The summed E-state index contributed by atoms with van der Waals surface area (Å²) in [6.07, 6.45) is 4.53. The minimum Gasteiger partial charge on any atom is -0.456 e. The number of rotatable bonds is 8. The van der Waals surface area contributed by atoms with E-state index in [-0.39, 0.29) is 50.6 Å². The topological polar surface area (TPSA) is 88.4 Å². The van der Waals surface area contributed by atoms with E-state index in [9.17, 15) is 14.4 Å². The molecular formula is C28H43N3O4S. The van der Waals surface area contributed by atoms with Crippen molar-refractivity contribution in [2.75, 3.05) is 7.05 Å². The van der Waals surface area contributed by atoms with Crippen LogP contribution in [0.1, 0.15) is 83.4 Å². The van der Waals surface area contributed by atoms with Gasteiger partial charge in [-0.15, -0.1) is 0 Å². The Morgan fingerprint density at radius 2 is 1.78 bits per heavy atom. The van der Waals surface area contributed by atoms with Gasteiger partial charge in [-0.05, 0) is 69.4 Å². The molecule has 0 spiro atoms. The molecule has 8 heteroatoms. The number of likely N-dealkylation sites (N-methyl/N-ethyl adjacent to an activating group) is 1. The zero-order chi connectivity index (χ0) is 26.9. The third-order valence-corrected chi connectivity index (χ3v) is 5.21. The summed E-state index contributed by atoms with van der Waals surface area (Å²) in [5, 5.41) is 0. The molecule has 0 aliphatic carbocycles. The highest BCUT2D eigenvalue weighted by Crippen LogP contribution is 2.24. The standard InChI is InChI=1S/C26H33N3O4.C2H6.H2S.H2/c1-9-11-22-27-23(28-24(17(4)30)29(22)8)21(31)15-13-18-12-14-20(16(3)19(18)10-2)25(32)33-26(5,6)7;1-2;;/h9,11-12,14H,1,10,13,15H2,2-8H3;1-2H3;1H2;1H/b22-11-;;;. The smallest absolute Gasteiger partial charge is 0.338 e. The first-order valence-electron chi connectivity index (χ1n) is 12.0. The predicted octanol–water partition coefficient (Wildman–Crippen LogP) is 5.76. The third kappa shape index (κ3) is 8.59. The zero-order valence-corrected chi connectivity index (χ0v) is 24.1. The van der Waals surface area contributed by atoms with E-state index in [1.165, 1.54) is 11.8 Å². The van der Waals surface area contributed by atoms with E-state index < -0.39 is 5.60 Å². The first-order valence-corrected chi connectivity index (χ1v) is 12.0. The van der Waals surface area contributed by atoms with Gasteiger partial charge in [-0.3, -0.25) is 9.59 Å². The minimum absolute atomic E-state index is 0. The number of carbonyl (C=O) groups is 3. The van der Waals surface area contributed by atoms with Crippen LogP contribution < -0.4 is 0 Å². The van der Waals surface area contributed by atoms with E-state index in [0.717, 1.165) is 23.1 Å². The van der Waals surface area contributed by atoms with Crippen molar-refractivity contribution in [3.63, 3.8) is 0 Å². The van der Waals surface area contributed by atoms with E-state index >= 15 is 0 Å². The molecular weight excluding hydrogens is 474 g/mol. The Balaban J connectivity index is 0. The second kappa shape index (κ2) is 14.5. The largest absolute Gasteiger partial charge is 0.456 e. The molecule has 0 saturated heterocycles. The van der Waals surface area contributed by atoms with E-state index in [1.807, 2.05) is 54.5 Å². The van der Waals surface area contributed by atoms with Crippen molar-refractivity contribution in [2.45, 2.75) is 80.3 Å². The fraction of sp³-hybridized carbons (Fsp3) is 0.464. The molecule has 0 atom stereocenters. The zero-order valence-electron chi connectivity index (χ0n) is 23.1. The van der Waals surface area contributed by atoms with E-state index in [2.05, 4.69) is 16.6 Å². The van der Waals surface area contributed by atoms with Crippen LogP contribution in [0.3, 0.4) is 0 Å². The number of benzene rings is 1. The fourth-order valence-corrected chi connectivity index (χ4v) is 3.64. The molecule has 2 rings (SSSR count). The van der Waals surface area contributed by atoms with Gasteiger partial charge in [0.15, 0.2) is 17.5 Å². The number of ether oxygens (including phenoxy) is 1. The third-order valence-electron chi connectivity index (χ3n) is 5.21. The maximum atomic E-state index is 12.9. The van der Waals surface area contributed by atoms with Crippen LogP contribution >= 0.6 is 13.5 Å². The Kier molecular flexibility index (Phi) is 13.3. The van der Waals surface area contributed by atoms with Gasteiger partial charge < -0.3 is 9.64 Å². The molecule has 0 aromatic heterocycles. The number of carbonyl (C=O) groups excluding carboxylic acids is 3. The van der Waals surface area contributed by atoms with Crippen molar-refractivity contribution in [1.29, 1.82) is 0 Å². The van der Waals surface area contributed by atoms with Gasteiger partial charge in [0.1, 0.15) is 11.4 Å². The van der Waals surface area contributed by atoms with Gasteiger partial charge in [0.05, 0.1) is 5.56 Å². The number of amidine groups is 2. The number of hydrogen-bond acceptors (Lipinski definition) is 7. The molecule has 0 saturated carbocycles. The van der Waals surface area contributed by atoms with Crippen LogP contribution in [0.5, 0.6) is 0 Å². The van der Waals surface area contributed by atoms with Gasteiger partial charge in [0.25, 0.3) is 0 Å². The van der Waals surface area contributed by atoms with Crippen molar-refractivity contribution in [3.8, 4) is 0 Å². The Morgan fingerprint density at radius 3 is 2.28 bits per heavy atom. The summed E-state index contributed by atoms with van der Waals surface area (Å²) < 4.78 is 5.52. The van der Waals surface area contributed by atoms with Crippen molar-refractivity contribution in [2.24, 2.45) is 9.98 Å². The molecule has 1 aromatic rings. The Morgan fingerprint density at radius 1 is 1.17 bits per heavy atom. The van der Waals surface area contributed by atoms with Gasteiger partial charge in [-0.2, -0.15) is 13.5 Å². The number of ketones is 2. The van der Waals surface area contributed by atoms with E-state index in [4.69, 9.17) is 4.74 Å². The number of nitrogens with zero attached hydrogens (tertiary/aromatic N) is 3. The van der Waals surface area contributed by atoms with Gasteiger partial charge in [-0.1, -0.05) is 39.5 Å². The highest BCUT2D eigenvalue weighted by atomic mass is 32.1. The lowest BCUT2D eigenvalue weighted by Crippen LogP contribution is -2.36. The second-order valence-electron chi connectivity index (χ2n) is 8.90. The Bertz CT molecular complexity index is 1090. The van der Waals surface area contributed by atoms with Gasteiger partial charge in [0, 0.05) is 21.8 Å². The molecule has 7 nitrogen and oxygen atoms in total. The van der Waals surface area contributed by atoms with Crippen molar-refractivity contribution < 1.29 is 20.5 Å². The lowest BCUT2D eigenvalue weighted by molar-refractivity contribution is -0.113. The van der Waals surface area contributed by atoms with Crippen LogP contribution in [0.25, 0.3) is 0 Å². The van der Waals surface area contributed by atoms with Crippen molar-refractivity contribution in [1.82, 2.24) is 4.90 Å². The molecule has 0 bridgehead atoms. The molecule has 1 heterocycles. The number of aliphatic imine (C=N–C) groups is 2. The summed E-state index contributed by atoms with van der Waals surface area (Å²) in [5.41, 5.74) is 2.83. The summed E-state index contributed by atoms with van der Waals surface area (Å²) in [6, 6.07) is 3.63. The molecule has 1 aromatic carbocycles. The predicted molar refractivity (Wildman–Crippen MR) is 154 cm³/mol. The van der Waals surface area contributed by atoms with Crippen LogP contribution in [-0.2, 0) is 27.2 Å². The molecule has 0 fully saturated rings. The quantitative estimate of drug-likeness (QED) is 0.409. The van der Waals surface area contributed by atoms with Crippen LogP contribution in [-0.4, -0.2) is 46.8 Å². The highest BCUT2D eigenvalue weighted by molar-refractivity contribution is 7.59. The van der Waals surface area contributed by atoms with Gasteiger partial charge in [0.2, 0.25) is 5.78 Å². The summed E-state index contributed by atoms with van der Waals surface area (Å²) in [4.78, 5) is 47.5. The Hall–Kier alpha value is -3.00. The fourth-order valence-electron chi connectivity index (χ4n) is 3.64. The number of Topliss-reactive ketones (excluding diaryl/α,β-unsaturated/α-hetero) is 2. The van der Waals surface area contributed by atoms with Crippen molar-refractivity contribution >= 4 is 42.7 Å². The summed E-state index contributed by atoms with van der Waals surface area (Å²) in [5.74, 6) is -0.271. The number of hydrogen-bond donors (Lipinski definition) is 0. The van der Waals surface area contributed by atoms with E-state index in [0.29, 0.717) is 17.8 Å². The molecule has 1 aliphatic heterocycles. The number of esters is 1. The molecule has 200 valence electrons. The van der Waals surface area contributed by atoms with Crippen LogP contribution in [0.15, 0.2) is 46.7 Å². The molecule has 0 unspecified atom stereocenters. The maximum absolute atomic E-state index is 12.9. The minimum atomic E-state index is -0.575. The normalized spacial score (nSPS) is 14.0. The summed E-state index contributed by atoms with van der Waals surface area (Å²) in [6.45, 7) is 18.5. The first kappa shape index (κ1) is 33.0. The van der Waals surface area contributed by atoms with Crippen LogP contribution in [0, 0.1) is 6.92 Å². The van der Waals surface area contributed by atoms with Crippen LogP contribution in [0.2, 0.25) is 0 Å². The highest BCUT2D eigenvalue weighted by Gasteiger charge is 2.25. The van der Waals surface area contributed by atoms with Crippen molar-refractivity contribution in [3.05, 3.63) is 58.9 Å². The summed E-state index contributed by atoms with van der Waals surface area (Å²) >= 11 is 0. The second-order valence-corrected chi connectivity index (χ2v) is 8.90. The molecule has 0 amide bonds. The SMILES string of the molecule is C=C/C=C1/N=C(C(=O)CCc2ccc(C(=O)OC(C)(C)C)c(C)c2CC)N=C(C(C)=O)N1C.CC.S.[HH]. The average molecular weight is 518 g/mol. The lowest BCUT2D eigenvalue weighted by Gasteiger charge is -2.24. The lowest BCUT2D eigenvalue weighted by atomic mass is 9.92. The number of allylic oxidation sites excluding steroid dienone is 2. The maximum Gasteiger partial charge on any atom is 0.338 e.